The first kappa shape index (κ1) is 15.0. The predicted octanol–water partition coefficient (Wildman–Crippen LogP) is 3.03. The summed E-state index contributed by atoms with van der Waals surface area (Å²) in [7, 11) is 0. The molecule has 118 valence electrons. The van der Waals surface area contributed by atoms with E-state index < -0.39 is 5.97 Å². The van der Waals surface area contributed by atoms with E-state index in [-0.39, 0.29) is 5.57 Å². The molecule has 0 radical (unpaired) electrons. The van der Waals surface area contributed by atoms with Gasteiger partial charge in [0.25, 0.3) is 0 Å². The van der Waals surface area contributed by atoms with Crippen LogP contribution in [0, 0.1) is 0 Å². The minimum atomic E-state index is -0.935. The van der Waals surface area contributed by atoms with Gasteiger partial charge in [0.1, 0.15) is 5.52 Å². The molecule has 0 unspecified atom stereocenters. The largest absolute Gasteiger partial charge is 0.478 e. The minimum Gasteiger partial charge on any atom is -0.478 e. The molecule has 3 rings (SSSR count). The number of carbonyl (C=O) groups is 1. The number of anilines is 1. The number of fused-ring (bicyclic) bond motifs is 1. The van der Waals surface area contributed by atoms with Crippen molar-refractivity contribution < 1.29 is 14.5 Å². The van der Waals surface area contributed by atoms with Crippen LogP contribution >= 0.6 is 0 Å². The Morgan fingerprint density at radius 2 is 2.17 bits per heavy atom. The van der Waals surface area contributed by atoms with E-state index in [0.717, 1.165) is 41.9 Å². The number of benzene rings is 1. The number of rotatable bonds is 5. The highest BCUT2D eigenvalue weighted by atomic mass is 16.6. The first-order valence-corrected chi connectivity index (χ1v) is 7.35. The second kappa shape index (κ2) is 6.08. The van der Waals surface area contributed by atoms with Crippen LogP contribution in [0.4, 0.5) is 5.69 Å². The Balaban J connectivity index is 1.90. The molecule has 0 aliphatic carbocycles. The lowest BCUT2D eigenvalue weighted by molar-refractivity contribution is -0.132. The standard InChI is InChI=1S/C17H17N3O3/c1-11(5-3-6-12(2)17(21)22)13-9-14-16(19-23-18-14)15(10-13)20-7-4-8-20/h3,5-6,9-10H,1,4,7-8H2,2H3,(H,21,22)/b5-3-,12-6+. The summed E-state index contributed by atoms with van der Waals surface area (Å²) in [6.45, 7) is 7.58. The van der Waals surface area contributed by atoms with Gasteiger partial charge in [-0.25, -0.2) is 9.42 Å². The van der Waals surface area contributed by atoms with Crippen LogP contribution in [-0.2, 0) is 4.79 Å². The molecule has 0 bridgehead atoms. The van der Waals surface area contributed by atoms with Crippen LogP contribution < -0.4 is 4.90 Å². The lowest BCUT2D eigenvalue weighted by Crippen LogP contribution is -2.37. The third-order valence-electron chi connectivity index (χ3n) is 3.89. The number of carboxylic acid groups (broad SMARTS) is 1. The number of hydrogen-bond acceptors (Lipinski definition) is 5. The molecule has 0 amide bonds. The van der Waals surface area contributed by atoms with Gasteiger partial charge in [-0.1, -0.05) is 24.8 Å². The van der Waals surface area contributed by atoms with Crippen molar-refractivity contribution in [3.8, 4) is 0 Å². The van der Waals surface area contributed by atoms with Gasteiger partial charge in [0.05, 0.1) is 5.69 Å². The lowest BCUT2D eigenvalue weighted by atomic mass is 10.0. The van der Waals surface area contributed by atoms with Gasteiger partial charge >= 0.3 is 5.97 Å². The summed E-state index contributed by atoms with van der Waals surface area (Å²) in [6, 6.07) is 3.89. The average Bonchev–Trinajstić information content (AvgIpc) is 2.93. The Hall–Kier alpha value is -2.89. The summed E-state index contributed by atoms with van der Waals surface area (Å²) in [4.78, 5) is 13.0. The Morgan fingerprint density at radius 1 is 1.39 bits per heavy atom. The number of nitrogens with zero attached hydrogens (tertiary/aromatic N) is 3. The molecule has 1 aliphatic heterocycles. The summed E-state index contributed by atoms with van der Waals surface area (Å²) in [6.07, 6.45) is 6.17. The van der Waals surface area contributed by atoms with Crippen molar-refractivity contribution in [1.29, 1.82) is 0 Å². The van der Waals surface area contributed by atoms with E-state index in [1.807, 2.05) is 12.1 Å². The van der Waals surface area contributed by atoms with Crippen molar-refractivity contribution in [3.05, 3.63) is 48.1 Å². The molecule has 2 heterocycles. The van der Waals surface area contributed by atoms with Gasteiger partial charge in [0.2, 0.25) is 0 Å². The smallest absolute Gasteiger partial charge is 0.331 e. The Kier molecular flexibility index (Phi) is 3.97. The van der Waals surface area contributed by atoms with Gasteiger partial charge in [0, 0.05) is 18.7 Å². The van der Waals surface area contributed by atoms with Crippen LogP contribution in [-0.4, -0.2) is 34.5 Å². The zero-order valence-corrected chi connectivity index (χ0v) is 12.8. The lowest BCUT2D eigenvalue weighted by Gasteiger charge is -2.33. The maximum atomic E-state index is 10.8. The molecule has 0 saturated carbocycles. The van der Waals surface area contributed by atoms with Crippen molar-refractivity contribution in [2.75, 3.05) is 18.0 Å². The van der Waals surface area contributed by atoms with Crippen LogP contribution in [0.25, 0.3) is 16.6 Å². The summed E-state index contributed by atoms with van der Waals surface area (Å²) >= 11 is 0. The molecule has 0 atom stereocenters. The second-order valence-corrected chi connectivity index (χ2v) is 5.51. The highest BCUT2D eigenvalue weighted by Gasteiger charge is 2.20. The number of aliphatic carboxylic acids is 1. The molecule has 1 aromatic carbocycles. The van der Waals surface area contributed by atoms with Gasteiger partial charge in [-0.05, 0) is 46.9 Å². The minimum absolute atomic E-state index is 0.270. The third kappa shape index (κ3) is 3.01. The molecule has 2 aromatic rings. The summed E-state index contributed by atoms with van der Waals surface area (Å²) in [5, 5.41) is 16.7. The Bertz CT molecular complexity index is 829. The van der Waals surface area contributed by atoms with Crippen LogP contribution in [0.3, 0.4) is 0 Å². The molecule has 1 N–H and O–H groups in total. The van der Waals surface area contributed by atoms with Gasteiger partial charge in [-0.2, -0.15) is 0 Å². The van der Waals surface area contributed by atoms with Crippen molar-refractivity contribution >= 4 is 28.3 Å². The van der Waals surface area contributed by atoms with Crippen LogP contribution in [0.5, 0.6) is 0 Å². The van der Waals surface area contributed by atoms with Crippen LogP contribution in [0.15, 0.2) is 47.1 Å². The van der Waals surface area contributed by atoms with Crippen molar-refractivity contribution in [2.45, 2.75) is 13.3 Å². The van der Waals surface area contributed by atoms with Crippen molar-refractivity contribution in [1.82, 2.24) is 10.3 Å². The van der Waals surface area contributed by atoms with E-state index in [1.165, 1.54) is 0 Å². The molecule has 0 spiro atoms. The second-order valence-electron chi connectivity index (χ2n) is 5.51. The summed E-state index contributed by atoms with van der Waals surface area (Å²) in [5.74, 6) is -0.935. The number of allylic oxidation sites excluding steroid dienone is 4. The van der Waals surface area contributed by atoms with Gasteiger partial charge in [0.15, 0.2) is 5.52 Å². The molecule has 1 fully saturated rings. The normalized spacial score (nSPS) is 15.2. The highest BCUT2D eigenvalue weighted by molar-refractivity contribution is 5.93. The monoisotopic (exact) mass is 311 g/mol. The van der Waals surface area contributed by atoms with Crippen LogP contribution in [0.2, 0.25) is 0 Å². The van der Waals surface area contributed by atoms with Gasteiger partial charge < -0.3 is 10.0 Å². The predicted molar refractivity (Wildman–Crippen MR) is 88.2 cm³/mol. The number of aromatic nitrogens is 2. The maximum Gasteiger partial charge on any atom is 0.331 e. The van der Waals surface area contributed by atoms with Crippen molar-refractivity contribution in [3.63, 3.8) is 0 Å². The zero-order chi connectivity index (χ0) is 16.4. The van der Waals surface area contributed by atoms with E-state index in [9.17, 15) is 4.79 Å². The molecule has 1 aliphatic rings. The van der Waals surface area contributed by atoms with E-state index in [1.54, 1.807) is 25.2 Å². The van der Waals surface area contributed by atoms with Gasteiger partial charge in [-0.3, -0.25) is 0 Å². The molecule has 23 heavy (non-hydrogen) atoms. The number of carboxylic acids is 1. The Morgan fingerprint density at radius 3 is 2.83 bits per heavy atom. The first-order chi connectivity index (χ1) is 11.1. The maximum absolute atomic E-state index is 10.8. The fraction of sp³-hybridized carbons (Fsp3) is 0.235. The van der Waals surface area contributed by atoms with Gasteiger partial charge in [-0.15, -0.1) is 0 Å². The molecule has 6 nitrogen and oxygen atoms in total. The number of hydrogen-bond donors (Lipinski definition) is 1. The SMILES string of the molecule is C=C(/C=C\C=C(/C)C(=O)O)c1cc(N2CCC2)c2nonc2c1. The molecule has 1 saturated heterocycles. The fourth-order valence-electron chi connectivity index (χ4n) is 2.33. The van der Waals surface area contributed by atoms with Crippen molar-refractivity contribution in [2.24, 2.45) is 0 Å². The molecular formula is C17H17N3O3. The summed E-state index contributed by atoms with van der Waals surface area (Å²) in [5.41, 5.74) is 4.39. The fourth-order valence-corrected chi connectivity index (χ4v) is 2.33. The Labute approximate surface area is 133 Å². The zero-order valence-electron chi connectivity index (χ0n) is 12.8. The summed E-state index contributed by atoms with van der Waals surface area (Å²) < 4.78 is 4.85. The molecule has 1 aromatic heterocycles. The topological polar surface area (TPSA) is 79.5 Å². The molecule has 6 heteroatoms. The van der Waals surface area contributed by atoms with E-state index in [4.69, 9.17) is 9.74 Å². The molecular weight excluding hydrogens is 294 g/mol. The van der Waals surface area contributed by atoms with E-state index in [0.29, 0.717) is 5.52 Å². The van der Waals surface area contributed by atoms with Crippen LogP contribution in [0.1, 0.15) is 18.9 Å². The van der Waals surface area contributed by atoms with E-state index in [2.05, 4.69) is 21.8 Å². The highest BCUT2D eigenvalue weighted by Crippen LogP contribution is 2.31. The van der Waals surface area contributed by atoms with E-state index >= 15 is 0 Å². The quantitative estimate of drug-likeness (QED) is 0.675. The average molecular weight is 311 g/mol. The third-order valence-corrected chi connectivity index (χ3v) is 3.89. The first-order valence-electron chi connectivity index (χ1n) is 7.35.